The van der Waals surface area contributed by atoms with E-state index in [1.165, 1.54) is 11.2 Å². The van der Waals surface area contributed by atoms with Gasteiger partial charge in [-0.15, -0.1) is 11.3 Å². The van der Waals surface area contributed by atoms with E-state index in [1.54, 1.807) is 11.3 Å². The first-order valence-electron chi connectivity index (χ1n) is 4.20. The molecule has 2 aromatic rings. The number of halogens is 1. The Morgan fingerprint density at radius 3 is 3.00 bits per heavy atom. The molecule has 2 nitrogen and oxygen atoms in total. The van der Waals surface area contributed by atoms with E-state index in [0.29, 0.717) is 5.15 Å². The molecule has 2 rings (SSSR count). The quantitative estimate of drug-likeness (QED) is 0.714. The lowest BCUT2D eigenvalue weighted by Gasteiger charge is -1.87. The second-order valence-electron chi connectivity index (χ2n) is 2.85. The van der Waals surface area contributed by atoms with Crippen molar-refractivity contribution in [2.75, 3.05) is 0 Å². The molecule has 0 N–H and O–H groups in total. The van der Waals surface area contributed by atoms with Gasteiger partial charge in [-0.3, -0.25) is 0 Å². The zero-order valence-corrected chi connectivity index (χ0v) is 8.82. The topological polar surface area (TPSA) is 25.8 Å². The van der Waals surface area contributed by atoms with Crippen LogP contribution in [0.2, 0.25) is 5.15 Å². The predicted octanol–water partition coefficient (Wildman–Crippen LogP) is 3.30. The summed E-state index contributed by atoms with van der Waals surface area (Å²) in [4.78, 5) is 10.4. The van der Waals surface area contributed by atoms with E-state index in [9.17, 15) is 0 Å². The van der Waals surface area contributed by atoms with Gasteiger partial charge in [0.25, 0.3) is 0 Å². The van der Waals surface area contributed by atoms with Crippen molar-refractivity contribution in [3.63, 3.8) is 0 Å². The number of hydrogen-bond acceptors (Lipinski definition) is 3. The zero-order chi connectivity index (χ0) is 9.26. The molecule has 0 atom stereocenters. The maximum absolute atomic E-state index is 5.93. The van der Waals surface area contributed by atoms with Crippen LogP contribution in [0, 0.1) is 0 Å². The van der Waals surface area contributed by atoms with Gasteiger partial charge in [-0.1, -0.05) is 24.9 Å². The second kappa shape index (κ2) is 3.60. The van der Waals surface area contributed by atoms with E-state index >= 15 is 0 Å². The van der Waals surface area contributed by atoms with E-state index in [4.69, 9.17) is 11.6 Å². The summed E-state index contributed by atoms with van der Waals surface area (Å²) in [6.07, 6.45) is 3.76. The highest BCUT2D eigenvalue weighted by Gasteiger charge is 2.05. The van der Waals surface area contributed by atoms with Crippen LogP contribution in [-0.2, 0) is 6.42 Å². The Hall–Kier alpha value is -0.670. The molecule has 4 heteroatoms. The van der Waals surface area contributed by atoms with E-state index < -0.39 is 0 Å². The number of aryl methyl sites for hydroxylation is 1. The van der Waals surface area contributed by atoms with E-state index in [0.717, 1.165) is 23.1 Å². The number of thiophene rings is 1. The van der Waals surface area contributed by atoms with Crippen molar-refractivity contribution in [3.8, 4) is 0 Å². The van der Waals surface area contributed by atoms with Crippen molar-refractivity contribution in [1.82, 2.24) is 9.97 Å². The SMILES string of the molecule is CCCc1cc2c(Cl)ncnc2s1. The molecule has 0 aliphatic heterocycles. The lowest BCUT2D eigenvalue weighted by atomic mass is 10.3. The van der Waals surface area contributed by atoms with Crippen LogP contribution in [0.4, 0.5) is 0 Å². The van der Waals surface area contributed by atoms with Gasteiger partial charge in [0.1, 0.15) is 16.3 Å². The highest BCUT2D eigenvalue weighted by atomic mass is 35.5. The van der Waals surface area contributed by atoms with Gasteiger partial charge in [-0.2, -0.15) is 0 Å². The van der Waals surface area contributed by atoms with Crippen LogP contribution in [0.25, 0.3) is 10.2 Å². The molecule has 0 unspecified atom stereocenters. The third kappa shape index (κ3) is 1.67. The molecule has 0 aliphatic carbocycles. The Labute approximate surface area is 85.6 Å². The molecule has 0 saturated heterocycles. The van der Waals surface area contributed by atoms with Crippen molar-refractivity contribution in [3.05, 3.63) is 22.4 Å². The predicted molar refractivity (Wildman–Crippen MR) is 56.4 cm³/mol. The summed E-state index contributed by atoms with van der Waals surface area (Å²) in [5.41, 5.74) is 0. The molecule has 0 saturated carbocycles. The average molecular weight is 213 g/mol. The Kier molecular flexibility index (Phi) is 2.47. The maximum Gasteiger partial charge on any atom is 0.141 e. The minimum atomic E-state index is 0.559. The number of aromatic nitrogens is 2. The molecular weight excluding hydrogens is 204 g/mol. The Bertz CT molecular complexity index is 424. The van der Waals surface area contributed by atoms with Gasteiger partial charge in [0, 0.05) is 10.3 Å². The highest BCUT2D eigenvalue weighted by Crippen LogP contribution is 2.28. The van der Waals surface area contributed by atoms with E-state index in [1.807, 2.05) is 0 Å². The number of hydrogen-bond donors (Lipinski definition) is 0. The van der Waals surface area contributed by atoms with Gasteiger partial charge in [0.15, 0.2) is 0 Å². The molecule has 2 heterocycles. The summed E-state index contributed by atoms with van der Waals surface area (Å²) in [5.74, 6) is 0. The van der Waals surface area contributed by atoms with Crippen LogP contribution in [0.1, 0.15) is 18.2 Å². The minimum Gasteiger partial charge on any atom is -0.225 e. The first-order chi connectivity index (χ1) is 6.31. The molecule has 0 amide bonds. The van der Waals surface area contributed by atoms with Crippen molar-refractivity contribution in [2.45, 2.75) is 19.8 Å². The normalized spacial score (nSPS) is 10.9. The summed E-state index contributed by atoms with van der Waals surface area (Å²) < 4.78 is 0. The standard InChI is InChI=1S/C9H9ClN2S/c1-2-3-6-4-7-8(10)11-5-12-9(7)13-6/h4-5H,2-3H2,1H3. The average Bonchev–Trinajstić information content (AvgIpc) is 2.49. The molecule has 0 aliphatic rings. The smallest absolute Gasteiger partial charge is 0.141 e. The molecule has 13 heavy (non-hydrogen) atoms. The van der Waals surface area contributed by atoms with Gasteiger partial charge in [0.05, 0.1) is 0 Å². The molecule has 0 aromatic carbocycles. The third-order valence-electron chi connectivity index (χ3n) is 1.83. The fourth-order valence-electron chi connectivity index (χ4n) is 1.25. The largest absolute Gasteiger partial charge is 0.225 e. The molecular formula is C9H9ClN2S. The number of fused-ring (bicyclic) bond motifs is 1. The van der Waals surface area contributed by atoms with Gasteiger partial charge >= 0.3 is 0 Å². The van der Waals surface area contributed by atoms with Crippen LogP contribution in [0.15, 0.2) is 12.4 Å². The first-order valence-corrected chi connectivity index (χ1v) is 5.39. The van der Waals surface area contributed by atoms with Crippen LogP contribution in [-0.4, -0.2) is 9.97 Å². The Morgan fingerprint density at radius 2 is 2.31 bits per heavy atom. The zero-order valence-electron chi connectivity index (χ0n) is 7.25. The second-order valence-corrected chi connectivity index (χ2v) is 4.32. The third-order valence-corrected chi connectivity index (χ3v) is 3.23. The number of nitrogens with zero attached hydrogens (tertiary/aromatic N) is 2. The van der Waals surface area contributed by atoms with Crippen LogP contribution in [0.5, 0.6) is 0 Å². The summed E-state index contributed by atoms with van der Waals surface area (Å²) in [6, 6.07) is 2.09. The van der Waals surface area contributed by atoms with Crippen molar-refractivity contribution < 1.29 is 0 Å². The lowest BCUT2D eigenvalue weighted by Crippen LogP contribution is -1.76. The van der Waals surface area contributed by atoms with Gasteiger partial charge in [-0.05, 0) is 12.5 Å². The summed E-state index contributed by atoms with van der Waals surface area (Å²) >= 11 is 7.63. The van der Waals surface area contributed by atoms with Crippen LogP contribution < -0.4 is 0 Å². The van der Waals surface area contributed by atoms with Crippen molar-refractivity contribution in [1.29, 1.82) is 0 Å². The molecule has 68 valence electrons. The Morgan fingerprint density at radius 1 is 1.46 bits per heavy atom. The van der Waals surface area contributed by atoms with Crippen LogP contribution in [0.3, 0.4) is 0 Å². The fraction of sp³-hybridized carbons (Fsp3) is 0.333. The molecule has 0 radical (unpaired) electrons. The van der Waals surface area contributed by atoms with E-state index in [2.05, 4.69) is 23.0 Å². The van der Waals surface area contributed by atoms with Crippen molar-refractivity contribution in [2.24, 2.45) is 0 Å². The monoisotopic (exact) mass is 212 g/mol. The van der Waals surface area contributed by atoms with Crippen molar-refractivity contribution >= 4 is 33.2 Å². The lowest BCUT2D eigenvalue weighted by molar-refractivity contribution is 0.940. The summed E-state index contributed by atoms with van der Waals surface area (Å²) in [5, 5.41) is 1.54. The maximum atomic E-state index is 5.93. The first kappa shape index (κ1) is 8.91. The highest BCUT2D eigenvalue weighted by molar-refractivity contribution is 7.18. The molecule has 0 fully saturated rings. The fourth-order valence-corrected chi connectivity index (χ4v) is 2.59. The molecule has 2 aromatic heterocycles. The summed E-state index contributed by atoms with van der Waals surface area (Å²) in [7, 11) is 0. The molecule has 0 spiro atoms. The van der Waals surface area contributed by atoms with Gasteiger partial charge < -0.3 is 0 Å². The summed E-state index contributed by atoms with van der Waals surface area (Å²) in [6.45, 7) is 2.16. The van der Waals surface area contributed by atoms with Gasteiger partial charge in [0.2, 0.25) is 0 Å². The minimum absolute atomic E-state index is 0.559. The Balaban J connectivity index is 2.55. The van der Waals surface area contributed by atoms with Gasteiger partial charge in [-0.25, -0.2) is 9.97 Å². The molecule has 0 bridgehead atoms. The van der Waals surface area contributed by atoms with Crippen LogP contribution >= 0.6 is 22.9 Å². The number of rotatable bonds is 2. The van der Waals surface area contributed by atoms with E-state index in [-0.39, 0.29) is 0 Å².